The van der Waals surface area contributed by atoms with Gasteiger partial charge in [0.05, 0.1) is 11.5 Å². The fraction of sp³-hybridized carbons (Fsp3) is 0.500. The highest BCUT2D eigenvalue weighted by molar-refractivity contribution is 5.79. The molecule has 0 heterocycles. The van der Waals surface area contributed by atoms with Crippen molar-refractivity contribution >= 4 is 11.6 Å². The van der Waals surface area contributed by atoms with Crippen molar-refractivity contribution in [2.45, 2.75) is 33.2 Å². The Labute approximate surface area is 119 Å². The molecule has 1 aromatic carbocycles. The number of non-ortho nitro benzene ring substituents is 1. The molecule has 0 aliphatic heterocycles. The predicted molar refractivity (Wildman–Crippen MR) is 80.8 cm³/mol. The number of nitrogens with one attached hydrogen (secondary N) is 2. The van der Waals surface area contributed by atoms with Crippen molar-refractivity contribution in [2.75, 3.05) is 13.1 Å². The standard InChI is InChI=1S/C14H22N4O2/c1-3-5-9-16-14(15-4-2)17-11-12-7-6-8-13(10-12)18(19)20/h6-8,10H,3-5,9,11H2,1-2H3,(H2,15,16,17). The lowest BCUT2D eigenvalue weighted by Crippen LogP contribution is -2.37. The molecule has 0 aliphatic carbocycles. The van der Waals surface area contributed by atoms with Crippen LogP contribution in [0.1, 0.15) is 32.3 Å². The third kappa shape index (κ3) is 5.69. The van der Waals surface area contributed by atoms with Gasteiger partial charge in [0.1, 0.15) is 0 Å². The number of hydrogen-bond donors (Lipinski definition) is 2. The van der Waals surface area contributed by atoms with Crippen LogP contribution < -0.4 is 10.6 Å². The van der Waals surface area contributed by atoms with Crippen LogP contribution in [0.5, 0.6) is 0 Å². The summed E-state index contributed by atoms with van der Waals surface area (Å²) in [6.45, 7) is 6.21. The summed E-state index contributed by atoms with van der Waals surface area (Å²) in [5, 5.41) is 17.1. The fourth-order valence-electron chi connectivity index (χ4n) is 1.66. The minimum absolute atomic E-state index is 0.0987. The lowest BCUT2D eigenvalue weighted by atomic mass is 10.2. The minimum atomic E-state index is -0.391. The van der Waals surface area contributed by atoms with Crippen molar-refractivity contribution < 1.29 is 4.92 Å². The number of nitro groups is 1. The number of guanidine groups is 1. The smallest absolute Gasteiger partial charge is 0.269 e. The van der Waals surface area contributed by atoms with Gasteiger partial charge in [-0.15, -0.1) is 0 Å². The van der Waals surface area contributed by atoms with E-state index in [2.05, 4.69) is 22.5 Å². The van der Waals surface area contributed by atoms with E-state index in [-0.39, 0.29) is 5.69 Å². The lowest BCUT2D eigenvalue weighted by molar-refractivity contribution is -0.384. The molecule has 0 unspecified atom stereocenters. The van der Waals surface area contributed by atoms with Gasteiger partial charge in [-0.2, -0.15) is 0 Å². The molecule has 1 aromatic rings. The van der Waals surface area contributed by atoms with Crippen LogP contribution in [0, 0.1) is 10.1 Å². The van der Waals surface area contributed by atoms with Crippen molar-refractivity contribution in [2.24, 2.45) is 4.99 Å². The Kier molecular flexibility index (Phi) is 7.10. The normalized spacial score (nSPS) is 11.2. The fourth-order valence-corrected chi connectivity index (χ4v) is 1.66. The second-order valence-electron chi connectivity index (χ2n) is 4.40. The maximum Gasteiger partial charge on any atom is 0.269 e. The molecule has 110 valence electrons. The van der Waals surface area contributed by atoms with E-state index in [9.17, 15) is 10.1 Å². The first-order chi connectivity index (χ1) is 9.67. The van der Waals surface area contributed by atoms with Gasteiger partial charge >= 0.3 is 0 Å². The molecule has 0 amide bonds. The summed E-state index contributed by atoms with van der Waals surface area (Å²) in [4.78, 5) is 14.8. The summed E-state index contributed by atoms with van der Waals surface area (Å²) in [5.74, 6) is 0.743. The zero-order valence-electron chi connectivity index (χ0n) is 12.1. The molecule has 1 rings (SSSR count). The first-order valence-electron chi connectivity index (χ1n) is 6.92. The summed E-state index contributed by atoms with van der Waals surface area (Å²) in [5.41, 5.74) is 0.925. The summed E-state index contributed by atoms with van der Waals surface area (Å²) in [6, 6.07) is 6.56. The van der Waals surface area contributed by atoms with Crippen LogP contribution in [0.2, 0.25) is 0 Å². The van der Waals surface area contributed by atoms with E-state index in [4.69, 9.17) is 0 Å². The zero-order chi connectivity index (χ0) is 14.8. The highest BCUT2D eigenvalue weighted by Crippen LogP contribution is 2.13. The highest BCUT2D eigenvalue weighted by atomic mass is 16.6. The van der Waals surface area contributed by atoms with E-state index in [1.165, 1.54) is 6.07 Å². The third-order valence-corrected chi connectivity index (χ3v) is 2.71. The molecule has 2 N–H and O–H groups in total. The molecule has 20 heavy (non-hydrogen) atoms. The van der Waals surface area contributed by atoms with Crippen LogP contribution in [0.3, 0.4) is 0 Å². The Morgan fingerprint density at radius 1 is 1.35 bits per heavy atom. The topological polar surface area (TPSA) is 79.6 Å². The number of hydrogen-bond acceptors (Lipinski definition) is 3. The highest BCUT2D eigenvalue weighted by Gasteiger charge is 2.05. The maximum absolute atomic E-state index is 10.7. The van der Waals surface area contributed by atoms with E-state index in [0.717, 1.165) is 37.5 Å². The average Bonchev–Trinajstić information content (AvgIpc) is 2.45. The molecule has 0 spiro atoms. The molecule has 0 fully saturated rings. The predicted octanol–water partition coefficient (Wildman–Crippen LogP) is 2.45. The van der Waals surface area contributed by atoms with Gasteiger partial charge < -0.3 is 10.6 Å². The van der Waals surface area contributed by atoms with Crippen LogP contribution in [-0.4, -0.2) is 24.0 Å². The van der Waals surface area contributed by atoms with Crippen LogP contribution >= 0.6 is 0 Å². The SMILES string of the molecule is CCCCNC(=NCc1cccc([N+](=O)[O-])c1)NCC. The van der Waals surface area contributed by atoms with Crippen LogP contribution in [-0.2, 0) is 6.54 Å². The van der Waals surface area contributed by atoms with Gasteiger partial charge in [0.2, 0.25) is 0 Å². The number of unbranched alkanes of at least 4 members (excludes halogenated alkanes) is 1. The van der Waals surface area contributed by atoms with E-state index in [0.29, 0.717) is 6.54 Å². The number of nitro benzene ring substituents is 1. The largest absolute Gasteiger partial charge is 0.357 e. The van der Waals surface area contributed by atoms with Crippen molar-refractivity contribution in [3.63, 3.8) is 0 Å². The average molecular weight is 278 g/mol. The second kappa shape index (κ2) is 8.90. The van der Waals surface area contributed by atoms with E-state index in [1.54, 1.807) is 12.1 Å². The maximum atomic E-state index is 10.7. The van der Waals surface area contributed by atoms with Gasteiger partial charge in [-0.05, 0) is 18.9 Å². The molecule has 0 atom stereocenters. The van der Waals surface area contributed by atoms with Crippen molar-refractivity contribution in [1.82, 2.24) is 10.6 Å². The van der Waals surface area contributed by atoms with E-state index < -0.39 is 4.92 Å². The first-order valence-corrected chi connectivity index (χ1v) is 6.92. The molecule has 0 bridgehead atoms. The quantitative estimate of drug-likeness (QED) is 0.264. The Morgan fingerprint density at radius 3 is 2.80 bits per heavy atom. The first kappa shape index (κ1) is 15.9. The molecule has 0 saturated carbocycles. The molecule has 0 aliphatic rings. The van der Waals surface area contributed by atoms with Gasteiger partial charge in [-0.25, -0.2) is 4.99 Å². The lowest BCUT2D eigenvalue weighted by Gasteiger charge is -2.10. The van der Waals surface area contributed by atoms with Gasteiger partial charge in [0, 0.05) is 25.2 Å². The van der Waals surface area contributed by atoms with Crippen molar-refractivity contribution in [1.29, 1.82) is 0 Å². The van der Waals surface area contributed by atoms with E-state index >= 15 is 0 Å². The van der Waals surface area contributed by atoms with Crippen LogP contribution in [0.25, 0.3) is 0 Å². The van der Waals surface area contributed by atoms with Crippen LogP contribution in [0.15, 0.2) is 29.3 Å². The molecule has 0 saturated heterocycles. The van der Waals surface area contributed by atoms with Gasteiger partial charge in [0.15, 0.2) is 5.96 Å². The molecule has 0 radical (unpaired) electrons. The van der Waals surface area contributed by atoms with Crippen molar-refractivity contribution in [3.05, 3.63) is 39.9 Å². The molecule has 0 aromatic heterocycles. The Bertz CT molecular complexity index is 460. The minimum Gasteiger partial charge on any atom is -0.357 e. The third-order valence-electron chi connectivity index (χ3n) is 2.71. The molecular weight excluding hydrogens is 256 g/mol. The second-order valence-corrected chi connectivity index (χ2v) is 4.40. The number of benzene rings is 1. The number of rotatable bonds is 7. The number of nitrogens with zero attached hydrogens (tertiary/aromatic N) is 2. The summed E-state index contributed by atoms with van der Waals surface area (Å²) in [6.07, 6.45) is 2.21. The van der Waals surface area contributed by atoms with Gasteiger partial charge in [0.25, 0.3) is 5.69 Å². The summed E-state index contributed by atoms with van der Waals surface area (Å²) in [7, 11) is 0. The zero-order valence-corrected chi connectivity index (χ0v) is 12.1. The Morgan fingerprint density at radius 2 is 2.15 bits per heavy atom. The van der Waals surface area contributed by atoms with Gasteiger partial charge in [-0.3, -0.25) is 10.1 Å². The Balaban J connectivity index is 2.65. The number of aliphatic imine (C=N–C) groups is 1. The van der Waals surface area contributed by atoms with Crippen LogP contribution in [0.4, 0.5) is 5.69 Å². The van der Waals surface area contributed by atoms with E-state index in [1.807, 2.05) is 13.0 Å². The Hall–Kier alpha value is -2.11. The monoisotopic (exact) mass is 278 g/mol. The molecule has 6 nitrogen and oxygen atoms in total. The summed E-state index contributed by atoms with van der Waals surface area (Å²) < 4.78 is 0. The molecular formula is C14H22N4O2. The summed E-state index contributed by atoms with van der Waals surface area (Å²) >= 11 is 0. The molecule has 6 heteroatoms. The van der Waals surface area contributed by atoms with Crippen molar-refractivity contribution in [3.8, 4) is 0 Å². The van der Waals surface area contributed by atoms with Gasteiger partial charge in [-0.1, -0.05) is 25.5 Å².